The second-order valence-electron chi connectivity index (χ2n) is 3.24. The Bertz CT molecular complexity index is 508. The SMILES string of the molecule is Cn1cc(-c2cc(C(F)F)nc(N)n2)cn1. The van der Waals surface area contributed by atoms with Gasteiger partial charge in [-0.1, -0.05) is 0 Å². The summed E-state index contributed by atoms with van der Waals surface area (Å²) in [6, 6.07) is 1.21. The van der Waals surface area contributed by atoms with E-state index >= 15 is 0 Å². The maximum absolute atomic E-state index is 12.5. The van der Waals surface area contributed by atoms with Crippen molar-refractivity contribution in [3.05, 3.63) is 24.2 Å². The van der Waals surface area contributed by atoms with Crippen molar-refractivity contribution in [1.82, 2.24) is 19.7 Å². The standard InChI is InChI=1S/C9H9F2N5/c1-16-4-5(3-13-16)6-2-7(8(10)11)15-9(12)14-6/h2-4,8H,1H3,(H2,12,14,15). The third-order valence-electron chi connectivity index (χ3n) is 1.99. The molecule has 5 nitrogen and oxygen atoms in total. The maximum Gasteiger partial charge on any atom is 0.280 e. The first kappa shape index (κ1) is 10.5. The molecule has 0 aliphatic carbocycles. The highest BCUT2D eigenvalue weighted by Crippen LogP contribution is 2.23. The van der Waals surface area contributed by atoms with Gasteiger partial charge in [0, 0.05) is 18.8 Å². The fourth-order valence-corrected chi connectivity index (χ4v) is 1.30. The molecule has 7 heteroatoms. The summed E-state index contributed by atoms with van der Waals surface area (Å²) in [5, 5.41) is 3.93. The Morgan fingerprint density at radius 1 is 1.38 bits per heavy atom. The predicted octanol–water partition coefficient (Wildman–Crippen LogP) is 1.40. The molecule has 2 N–H and O–H groups in total. The smallest absolute Gasteiger partial charge is 0.280 e. The first-order valence-electron chi connectivity index (χ1n) is 4.48. The summed E-state index contributed by atoms with van der Waals surface area (Å²) in [7, 11) is 1.72. The van der Waals surface area contributed by atoms with Crippen molar-refractivity contribution in [2.24, 2.45) is 7.05 Å². The zero-order chi connectivity index (χ0) is 11.7. The first-order valence-corrected chi connectivity index (χ1v) is 4.48. The highest BCUT2D eigenvalue weighted by atomic mass is 19.3. The Kier molecular flexibility index (Phi) is 2.51. The van der Waals surface area contributed by atoms with Gasteiger partial charge in [-0.15, -0.1) is 0 Å². The molecule has 2 aromatic rings. The van der Waals surface area contributed by atoms with Crippen molar-refractivity contribution in [3.63, 3.8) is 0 Å². The Hall–Kier alpha value is -2.05. The van der Waals surface area contributed by atoms with E-state index in [1.54, 1.807) is 17.9 Å². The first-order chi connectivity index (χ1) is 7.56. The number of hydrogen-bond acceptors (Lipinski definition) is 4. The molecular formula is C9H9F2N5. The van der Waals surface area contributed by atoms with Crippen molar-refractivity contribution in [2.75, 3.05) is 5.73 Å². The van der Waals surface area contributed by atoms with Crippen LogP contribution in [0.5, 0.6) is 0 Å². The number of nitrogens with zero attached hydrogens (tertiary/aromatic N) is 4. The molecule has 0 saturated carbocycles. The maximum atomic E-state index is 12.5. The van der Waals surface area contributed by atoms with E-state index in [1.807, 2.05) is 0 Å². The minimum Gasteiger partial charge on any atom is -0.368 e. The lowest BCUT2D eigenvalue weighted by molar-refractivity contribution is 0.146. The van der Waals surface area contributed by atoms with Crippen LogP contribution in [0.2, 0.25) is 0 Å². The third kappa shape index (κ3) is 1.97. The molecule has 0 unspecified atom stereocenters. The van der Waals surface area contributed by atoms with Crippen LogP contribution in [0.15, 0.2) is 18.5 Å². The summed E-state index contributed by atoms with van der Waals surface area (Å²) in [5.41, 5.74) is 5.94. The van der Waals surface area contributed by atoms with Crippen LogP contribution in [0.25, 0.3) is 11.3 Å². The molecule has 2 rings (SSSR count). The number of nitrogen functional groups attached to an aromatic ring is 1. The van der Waals surface area contributed by atoms with Crippen molar-refractivity contribution in [1.29, 1.82) is 0 Å². The van der Waals surface area contributed by atoms with Gasteiger partial charge in [-0.25, -0.2) is 18.7 Å². The lowest BCUT2D eigenvalue weighted by Gasteiger charge is -2.02. The van der Waals surface area contributed by atoms with Crippen molar-refractivity contribution < 1.29 is 8.78 Å². The van der Waals surface area contributed by atoms with E-state index in [1.165, 1.54) is 12.3 Å². The van der Waals surface area contributed by atoms with Gasteiger partial charge in [-0.05, 0) is 6.07 Å². The predicted molar refractivity (Wildman–Crippen MR) is 53.6 cm³/mol. The Morgan fingerprint density at radius 2 is 2.12 bits per heavy atom. The van der Waals surface area contributed by atoms with Crippen LogP contribution in [0.4, 0.5) is 14.7 Å². The quantitative estimate of drug-likeness (QED) is 0.838. The summed E-state index contributed by atoms with van der Waals surface area (Å²) < 4.78 is 26.5. The average molecular weight is 225 g/mol. The van der Waals surface area contributed by atoms with E-state index < -0.39 is 6.43 Å². The molecule has 0 spiro atoms. The minimum atomic E-state index is -2.67. The van der Waals surface area contributed by atoms with E-state index in [9.17, 15) is 8.78 Å². The molecule has 0 saturated heterocycles. The highest BCUT2D eigenvalue weighted by molar-refractivity contribution is 5.58. The zero-order valence-corrected chi connectivity index (χ0v) is 8.43. The van der Waals surface area contributed by atoms with Crippen LogP contribution in [0.3, 0.4) is 0 Å². The topological polar surface area (TPSA) is 69.6 Å². The molecule has 2 aromatic heterocycles. The fraction of sp³-hybridized carbons (Fsp3) is 0.222. The van der Waals surface area contributed by atoms with Gasteiger partial charge >= 0.3 is 0 Å². The summed E-state index contributed by atoms with van der Waals surface area (Å²) in [4.78, 5) is 7.33. The van der Waals surface area contributed by atoms with Crippen LogP contribution in [-0.4, -0.2) is 19.7 Å². The number of aromatic nitrogens is 4. The molecule has 0 amide bonds. The number of halogens is 2. The molecule has 0 fully saturated rings. The van der Waals surface area contributed by atoms with Gasteiger partial charge in [0.25, 0.3) is 6.43 Å². The monoisotopic (exact) mass is 225 g/mol. The summed E-state index contributed by atoms with van der Waals surface area (Å²) in [6.45, 7) is 0. The molecule has 0 aliphatic rings. The Balaban J connectivity index is 2.49. The lowest BCUT2D eigenvalue weighted by atomic mass is 10.2. The van der Waals surface area contributed by atoms with Crippen molar-refractivity contribution in [2.45, 2.75) is 6.43 Å². The molecule has 0 aromatic carbocycles. The largest absolute Gasteiger partial charge is 0.368 e. The molecule has 0 radical (unpaired) electrons. The zero-order valence-electron chi connectivity index (χ0n) is 8.43. The van der Waals surface area contributed by atoms with E-state index in [0.29, 0.717) is 11.3 Å². The van der Waals surface area contributed by atoms with Crippen LogP contribution in [-0.2, 0) is 7.05 Å². The lowest BCUT2D eigenvalue weighted by Crippen LogP contribution is -2.01. The van der Waals surface area contributed by atoms with E-state index in [4.69, 9.17) is 5.73 Å². The number of alkyl halides is 2. The van der Waals surface area contributed by atoms with Gasteiger partial charge < -0.3 is 5.73 Å². The van der Waals surface area contributed by atoms with Gasteiger partial charge in [0.15, 0.2) is 0 Å². The van der Waals surface area contributed by atoms with Crippen LogP contribution >= 0.6 is 0 Å². The summed E-state index contributed by atoms with van der Waals surface area (Å²) in [5.74, 6) is -0.170. The van der Waals surface area contributed by atoms with Crippen LogP contribution in [0, 0.1) is 0 Å². The molecule has 16 heavy (non-hydrogen) atoms. The second kappa shape index (κ2) is 3.84. The number of rotatable bonds is 2. The highest BCUT2D eigenvalue weighted by Gasteiger charge is 2.13. The molecule has 0 aliphatic heterocycles. The van der Waals surface area contributed by atoms with Gasteiger partial charge in [-0.3, -0.25) is 4.68 Å². The number of aryl methyl sites for hydroxylation is 1. The minimum absolute atomic E-state index is 0.170. The van der Waals surface area contributed by atoms with Gasteiger partial charge in [0.05, 0.1) is 11.9 Å². The van der Waals surface area contributed by atoms with E-state index in [2.05, 4.69) is 15.1 Å². The van der Waals surface area contributed by atoms with E-state index in [-0.39, 0.29) is 11.6 Å². The average Bonchev–Trinajstić information content (AvgIpc) is 2.64. The van der Waals surface area contributed by atoms with Crippen LogP contribution in [0.1, 0.15) is 12.1 Å². The fourth-order valence-electron chi connectivity index (χ4n) is 1.30. The van der Waals surface area contributed by atoms with Gasteiger partial charge in [-0.2, -0.15) is 5.10 Å². The van der Waals surface area contributed by atoms with Crippen molar-refractivity contribution >= 4 is 5.95 Å². The van der Waals surface area contributed by atoms with Crippen LogP contribution < -0.4 is 5.73 Å². The molecule has 0 atom stereocenters. The number of nitrogens with two attached hydrogens (primary N) is 1. The van der Waals surface area contributed by atoms with Gasteiger partial charge in [0.2, 0.25) is 5.95 Å². The molecule has 0 bridgehead atoms. The van der Waals surface area contributed by atoms with E-state index in [0.717, 1.165) is 0 Å². The summed E-state index contributed by atoms with van der Waals surface area (Å²) in [6.07, 6.45) is 0.523. The third-order valence-corrected chi connectivity index (χ3v) is 1.99. The molecule has 84 valence electrons. The molecular weight excluding hydrogens is 216 g/mol. The molecule has 2 heterocycles. The Morgan fingerprint density at radius 3 is 2.69 bits per heavy atom. The second-order valence-corrected chi connectivity index (χ2v) is 3.24. The number of hydrogen-bond donors (Lipinski definition) is 1. The summed E-state index contributed by atoms with van der Waals surface area (Å²) >= 11 is 0. The van der Waals surface area contributed by atoms with Gasteiger partial charge in [0.1, 0.15) is 5.69 Å². The normalized spacial score (nSPS) is 11.0. The van der Waals surface area contributed by atoms with Crippen molar-refractivity contribution in [3.8, 4) is 11.3 Å². The number of anilines is 1. The Labute approximate surface area is 89.9 Å².